The van der Waals surface area contributed by atoms with Gasteiger partial charge in [-0.05, 0) is 53.4 Å². The van der Waals surface area contributed by atoms with Crippen LogP contribution in [0.25, 0.3) is 10.8 Å². The van der Waals surface area contributed by atoms with Crippen molar-refractivity contribution in [2.75, 3.05) is 31.1 Å². The molecule has 154 valence electrons. The third-order valence-corrected chi connectivity index (χ3v) is 5.72. The van der Waals surface area contributed by atoms with Gasteiger partial charge in [0.15, 0.2) is 0 Å². The summed E-state index contributed by atoms with van der Waals surface area (Å²) in [6.07, 6.45) is 1.64. The molecule has 0 bridgehead atoms. The number of carbonyl (C=O) groups is 2. The lowest BCUT2D eigenvalue weighted by Gasteiger charge is -2.36. The van der Waals surface area contributed by atoms with E-state index >= 15 is 0 Å². The van der Waals surface area contributed by atoms with Crippen molar-refractivity contribution in [1.29, 1.82) is 0 Å². The smallest absolute Gasteiger partial charge is 0.303 e. The molecule has 1 saturated heterocycles. The maximum atomic E-state index is 12.9. The molecule has 0 radical (unpaired) electrons. The van der Waals surface area contributed by atoms with Crippen LogP contribution in [-0.4, -0.2) is 48.1 Å². The van der Waals surface area contributed by atoms with Crippen molar-refractivity contribution in [3.05, 3.63) is 77.9 Å². The van der Waals surface area contributed by atoms with Crippen LogP contribution in [0.5, 0.6) is 0 Å². The molecule has 1 aliphatic heterocycles. The summed E-state index contributed by atoms with van der Waals surface area (Å²) in [6, 6.07) is 22.3. The normalized spacial score (nSPS) is 14.1. The van der Waals surface area contributed by atoms with E-state index in [2.05, 4.69) is 35.2 Å². The van der Waals surface area contributed by atoms with Crippen molar-refractivity contribution in [3.63, 3.8) is 0 Å². The largest absolute Gasteiger partial charge is 0.481 e. The quantitative estimate of drug-likeness (QED) is 0.671. The second-order valence-corrected chi connectivity index (χ2v) is 7.75. The first-order chi connectivity index (χ1) is 14.6. The summed E-state index contributed by atoms with van der Waals surface area (Å²) >= 11 is 0. The van der Waals surface area contributed by atoms with Gasteiger partial charge >= 0.3 is 5.97 Å². The summed E-state index contributed by atoms with van der Waals surface area (Å²) < 4.78 is 0. The molecule has 4 rings (SSSR count). The molecule has 3 aromatic carbocycles. The van der Waals surface area contributed by atoms with Crippen LogP contribution >= 0.6 is 0 Å². The highest BCUT2D eigenvalue weighted by Gasteiger charge is 2.22. The van der Waals surface area contributed by atoms with Crippen molar-refractivity contribution in [3.8, 4) is 0 Å². The lowest BCUT2D eigenvalue weighted by Crippen LogP contribution is -2.48. The number of rotatable bonds is 6. The van der Waals surface area contributed by atoms with Crippen LogP contribution in [0.3, 0.4) is 0 Å². The first-order valence-corrected chi connectivity index (χ1v) is 10.4. The van der Waals surface area contributed by atoms with Crippen molar-refractivity contribution < 1.29 is 14.7 Å². The maximum absolute atomic E-state index is 12.9. The van der Waals surface area contributed by atoms with Crippen LogP contribution in [0.15, 0.2) is 66.7 Å². The molecule has 0 atom stereocenters. The van der Waals surface area contributed by atoms with E-state index in [-0.39, 0.29) is 12.3 Å². The Labute approximate surface area is 176 Å². The fraction of sp³-hybridized carbons (Fsp3) is 0.280. The predicted molar refractivity (Wildman–Crippen MR) is 119 cm³/mol. The van der Waals surface area contributed by atoms with Crippen molar-refractivity contribution in [2.45, 2.75) is 19.3 Å². The highest BCUT2D eigenvalue weighted by Crippen LogP contribution is 2.21. The number of piperazine rings is 1. The number of carboxylic acid groups (broad SMARTS) is 1. The van der Waals surface area contributed by atoms with Gasteiger partial charge in [0, 0.05) is 43.9 Å². The monoisotopic (exact) mass is 402 g/mol. The van der Waals surface area contributed by atoms with Crippen molar-refractivity contribution in [2.24, 2.45) is 0 Å². The van der Waals surface area contributed by atoms with Gasteiger partial charge in [0.1, 0.15) is 0 Å². The van der Waals surface area contributed by atoms with E-state index in [1.54, 1.807) is 0 Å². The molecule has 5 nitrogen and oxygen atoms in total. The lowest BCUT2D eigenvalue weighted by atomic mass is 10.1. The molecule has 1 heterocycles. The molecule has 0 saturated carbocycles. The lowest BCUT2D eigenvalue weighted by molar-refractivity contribution is -0.137. The number of aryl methyl sites for hydroxylation is 1. The zero-order valence-corrected chi connectivity index (χ0v) is 17.0. The maximum Gasteiger partial charge on any atom is 0.303 e. The van der Waals surface area contributed by atoms with Crippen LogP contribution in [0.4, 0.5) is 5.69 Å². The molecule has 0 aromatic heterocycles. The van der Waals surface area contributed by atoms with Crippen molar-refractivity contribution in [1.82, 2.24) is 4.90 Å². The first kappa shape index (κ1) is 20.0. The van der Waals surface area contributed by atoms with Gasteiger partial charge in [0.25, 0.3) is 5.91 Å². The van der Waals surface area contributed by atoms with Crippen LogP contribution < -0.4 is 4.90 Å². The van der Waals surface area contributed by atoms with Gasteiger partial charge in [-0.2, -0.15) is 0 Å². The predicted octanol–water partition coefficient (Wildman–Crippen LogP) is 4.21. The Bertz CT molecular complexity index is 1040. The minimum atomic E-state index is -0.747. The third-order valence-electron chi connectivity index (χ3n) is 5.72. The number of carboxylic acids is 1. The third kappa shape index (κ3) is 4.62. The van der Waals surface area contributed by atoms with Crippen molar-refractivity contribution >= 4 is 28.3 Å². The van der Waals surface area contributed by atoms with Crippen LogP contribution in [0.1, 0.15) is 28.8 Å². The molecule has 5 heteroatoms. The standard InChI is InChI=1S/C25H26N2O3/c28-24(29)7-3-4-19-8-12-23(13-9-19)26-14-16-27(17-15-26)25(30)22-11-10-20-5-1-2-6-21(20)18-22/h1-2,5-6,8-13,18H,3-4,7,14-17H2,(H,28,29). The Kier molecular flexibility index (Phi) is 5.98. The van der Waals surface area contributed by atoms with E-state index in [0.29, 0.717) is 19.5 Å². The topological polar surface area (TPSA) is 60.9 Å². The molecule has 0 spiro atoms. The van der Waals surface area contributed by atoms with E-state index < -0.39 is 5.97 Å². The number of hydrogen-bond acceptors (Lipinski definition) is 3. The molecule has 1 aliphatic rings. The Hall–Kier alpha value is -3.34. The molecule has 0 aliphatic carbocycles. The zero-order chi connectivity index (χ0) is 20.9. The number of amides is 1. The number of carbonyl (C=O) groups excluding carboxylic acids is 1. The van der Waals surface area contributed by atoms with Crippen LogP contribution in [0, 0.1) is 0 Å². The minimum absolute atomic E-state index is 0.0918. The van der Waals surface area contributed by atoms with E-state index in [1.165, 1.54) is 0 Å². The van der Waals surface area contributed by atoms with E-state index in [9.17, 15) is 9.59 Å². The van der Waals surface area contributed by atoms with E-state index in [4.69, 9.17) is 5.11 Å². The molecule has 3 aromatic rings. The van der Waals surface area contributed by atoms with Gasteiger partial charge in [-0.1, -0.05) is 42.5 Å². The zero-order valence-electron chi connectivity index (χ0n) is 17.0. The Morgan fingerprint density at radius 2 is 1.53 bits per heavy atom. The molecular formula is C25H26N2O3. The summed E-state index contributed by atoms with van der Waals surface area (Å²) in [6.45, 7) is 3.01. The minimum Gasteiger partial charge on any atom is -0.481 e. The Balaban J connectivity index is 1.33. The van der Waals surface area contributed by atoms with Gasteiger partial charge < -0.3 is 14.9 Å². The van der Waals surface area contributed by atoms with Gasteiger partial charge in [0.2, 0.25) is 0 Å². The molecule has 1 fully saturated rings. The highest BCUT2D eigenvalue weighted by molar-refractivity contribution is 5.98. The van der Waals surface area contributed by atoms with Gasteiger partial charge in [-0.25, -0.2) is 0 Å². The van der Waals surface area contributed by atoms with E-state index in [0.717, 1.165) is 47.1 Å². The molecule has 1 amide bonds. The van der Waals surface area contributed by atoms with E-state index in [1.807, 2.05) is 41.3 Å². The molecule has 0 unspecified atom stereocenters. The van der Waals surface area contributed by atoms with Gasteiger partial charge in [0.05, 0.1) is 0 Å². The Morgan fingerprint density at radius 1 is 0.833 bits per heavy atom. The average Bonchev–Trinajstić information content (AvgIpc) is 2.78. The first-order valence-electron chi connectivity index (χ1n) is 10.4. The summed E-state index contributed by atoms with van der Waals surface area (Å²) in [5.41, 5.74) is 3.05. The molecular weight excluding hydrogens is 376 g/mol. The second kappa shape index (κ2) is 8.99. The summed E-state index contributed by atoms with van der Waals surface area (Å²) in [5.74, 6) is -0.656. The summed E-state index contributed by atoms with van der Waals surface area (Å²) in [5, 5.41) is 11.0. The number of hydrogen-bond donors (Lipinski definition) is 1. The highest BCUT2D eigenvalue weighted by atomic mass is 16.4. The number of nitrogens with zero attached hydrogens (tertiary/aromatic N) is 2. The second-order valence-electron chi connectivity index (χ2n) is 7.75. The fourth-order valence-corrected chi connectivity index (χ4v) is 3.99. The Morgan fingerprint density at radius 3 is 2.23 bits per heavy atom. The van der Waals surface area contributed by atoms with Crippen LogP contribution in [0.2, 0.25) is 0 Å². The van der Waals surface area contributed by atoms with Crippen LogP contribution in [-0.2, 0) is 11.2 Å². The summed E-state index contributed by atoms with van der Waals surface area (Å²) in [4.78, 5) is 27.8. The number of benzene rings is 3. The molecule has 30 heavy (non-hydrogen) atoms. The number of fused-ring (bicyclic) bond motifs is 1. The molecule has 1 N–H and O–H groups in total. The van der Waals surface area contributed by atoms with Gasteiger partial charge in [-0.3, -0.25) is 9.59 Å². The number of aliphatic carboxylic acids is 1. The number of anilines is 1. The average molecular weight is 402 g/mol. The van der Waals surface area contributed by atoms with Gasteiger partial charge in [-0.15, -0.1) is 0 Å². The SMILES string of the molecule is O=C(O)CCCc1ccc(N2CCN(C(=O)c3ccc4ccccc4c3)CC2)cc1. The summed E-state index contributed by atoms with van der Waals surface area (Å²) in [7, 11) is 0. The fourth-order valence-electron chi connectivity index (χ4n) is 3.99.